The Balaban J connectivity index is 1.61. The monoisotopic (exact) mass is 414 g/mol. The van der Waals surface area contributed by atoms with Gasteiger partial charge in [0, 0.05) is 5.69 Å². The van der Waals surface area contributed by atoms with E-state index in [-0.39, 0.29) is 23.5 Å². The Morgan fingerprint density at radius 2 is 1.61 bits per heavy atom. The molecule has 7 nitrogen and oxygen atoms in total. The third-order valence-corrected chi connectivity index (χ3v) is 4.29. The second-order valence-electron chi connectivity index (χ2n) is 6.53. The smallest absolute Gasteiger partial charge is 0.335 e. The minimum absolute atomic E-state index is 0.0692. The first-order valence-corrected chi connectivity index (χ1v) is 9.22. The number of phenolic OH excluding ortho intramolecular Hbond substituents is 1. The zero-order valence-corrected chi connectivity index (χ0v) is 16.3. The SMILES string of the molecule is N#C/C(=C\c1ccc(OCc2ccc(C(=O)O)cc2)cc1)C(=O)Nc1ccc(O)cc1. The molecular weight excluding hydrogens is 396 g/mol. The van der Waals surface area contributed by atoms with Crippen LogP contribution >= 0.6 is 0 Å². The Kier molecular flexibility index (Phi) is 6.66. The fraction of sp³-hybridized carbons (Fsp3) is 0.0417. The number of amides is 1. The number of hydrogen-bond donors (Lipinski definition) is 3. The van der Waals surface area contributed by atoms with Gasteiger partial charge < -0.3 is 20.3 Å². The summed E-state index contributed by atoms with van der Waals surface area (Å²) in [6, 6.07) is 21.1. The zero-order valence-electron chi connectivity index (χ0n) is 16.3. The van der Waals surface area contributed by atoms with Crippen molar-refractivity contribution in [2.75, 3.05) is 5.32 Å². The number of carbonyl (C=O) groups excluding carboxylic acids is 1. The van der Waals surface area contributed by atoms with Gasteiger partial charge in [-0.2, -0.15) is 5.26 Å². The molecule has 3 rings (SSSR count). The van der Waals surface area contributed by atoms with Gasteiger partial charge in [0.05, 0.1) is 5.56 Å². The topological polar surface area (TPSA) is 120 Å². The van der Waals surface area contributed by atoms with Gasteiger partial charge in [-0.05, 0) is 65.7 Å². The van der Waals surface area contributed by atoms with Crippen molar-refractivity contribution < 1.29 is 24.5 Å². The Morgan fingerprint density at radius 1 is 0.968 bits per heavy atom. The summed E-state index contributed by atoms with van der Waals surface area (Å²) in [5.41, 5.74) is 2.08. The molecule has 0 aliphatic carbocycles. The molecule has 0 saturated carbocycles. The van der Waals surface area contributed by atoms with Crippen molar-refractivity contribution >= 4 is 23.6 Å². The van der Waals surface area contributed by atoms with Crippen molar-refractivity contribution in [3.63, 3.8) is 0 Å². The van der Waals surface area contributed by atoms with E-state index in [4.69, 9.17) is 9.84 Å². The molecule has 0 fully saturated rings. The fourth-order valence-electron chi connectivity index (χ4n) is 2.63. The molecule has 0 heterocycles. The van der Waals surface area contributed by atoms with E-state index in [1.165, 1.54) is 42.5 Å². The van der Waals surface area contributed by atoms with Crippen molar-refractivity contribution in [1.82, 2.24) is 0 Å². The number of carbonyl (C=O) groups is 2. The van der Waals surface area contributed by atoms with E-state index in [0.29, 0.717) is 17.0 Å². The fourth-order valence-corrected chi connectivity index (χ4v) is 2.63. The molecule has 31 heavy (non-hydrogen) atoms. The Bertz CT molecular complexity index is 1140. The van der Waals surface area contributed by atoms with Crippen molar-refractivity contribution in [2.45, 2.75) is 6.61 Å². The van der Waals surface area contributed by atoms with Crippen LogP contribution in [0.25, 0.3) is 6.08 Å². The van der Waals surface area contributed by atoms with Crippen LogP contribution in [0.15, 0.2) is 78.4 Å². The number of carboxylic acids is 1. The molecule has 3 aromatic rings. The number of nitriles is 1. The number of rotatable bonds is 7. The lowest BCUT2D eigenvalue weighted by atomic mass is 10.1. The van der Waals surface area contributed by atoms with Gasteiger partial charge in [-0.1, -0.05) is 24.3 Å². The molecule has 0 unspecified atom stereocenters. The summed E-state index contributed by atoms with van der Waals surface area (Å²) in [6.07, 6.45) is 1.46. The van der Waals surface area contributed by atoms with Gasteiger partial charge >= 0.3 is 5.97 Å². The lowest BCUT2D eigenvalue weighted by molar-refractivity contribution is -0.112. The number of nitrogens with one attached hydrogen (secondary N) is 1. The van der Waals surface area contributed by atoms with Crippen LogP contribution in [0.2, 0.25) is 0 Å². The molecule has 0 saturated heterocycles. The number of aromatic carboxylic acids is 1. The Hall–Kier alpha value is -4.57. The maximum Gasteiger partial charge on any atom is 0.335 e. The summed E-state index contributed by atoms with van der Waals surface area (Å²) in [4.78, 5) is 23.2. The van der Waals surface area contributed by atoms with Crippen molar-refractivity contribution in [2.24, 2.45) is 0 Å². The molecule has 154 valence electrons. The van der Waals surface area contributed by atoms with E-state index in [1.807, 2.05) is 6.07 Å². The largest absolute Gasteiger partial charge is 0.508 e. The summed E-state index contributed by atoms with van der Waals surface area (Å²) in [5, 5.41) is 30.1. The van der Waals surface area contributed by atoms with E-state index >= 15 is 0 Å². The molecular formula is C24H18N2O5. The summed E-state index contributed by atoms with van der Waals surface area (Å²) < 4.78 is 5.68. The minimum Gasteiger partial charge on any atom is -0.508 e. The molecule has 0 aliphatic rings. The third kappa shape index (κ3) is 5.95. The minimum atomic E-state index is -0.982. The van der Waals surface area contributed by atoms with Gasteiger partial charge in [0.2, 0.25) is 0 Å². The molecule has 1 amide bonds. The summed E-state index contributed by atoms with van der Waals surface area (Å²) in [6.45, 7) is 0.271. The third-order valence-electron chi connectivity index (χ3n) is 4.29. The average Bonchev–Trinajstić information content (AvgIpc) is 2.78. The quantitative estimate of drug-likeness (QED) is 0.303. The number of carboxylic acid groups (broad SMARTS) is 1. The van der Waals surface area contributed by atoms with Gasteiger partial charge in [-0.15, -0.1) is 0 Å². The zero-order chi connectivity index (χ0) is 22.2. The summed E-state index contributed by atoms with van der Waals surface area (Å²) in [5.74, 6) is -0.872. The van der Waals surface area contributed by atoms with Crippen LogP contribution in [0, 0.1) is 11.3 Å². The molecule has 3 aromatic carbocycles. The number of nitrogens with zero attached hydrogens (tertiary/aromatic N) is 1. The highest BCUT2D eigenvalue weighted by molar-refractivity contribution is 6.09. The van der Waals surface area contributed by atoms with Gasteiger partial charge in [-0.3, -0.25) is 4.79 Å². The second-order valence-corrected chi connectivity index (χ2v) is 6.53. The maximum absolute atomic E-state index is 12.3. The first-order valence-electron chi connectivity index (χ1n) is 9.22. The standard InChI is InChI=1S/C24H18N2O5/c25-14-19(23(28)26-20-7-9-21(27)10-8-20)13-16-3-11-22(12-4-16)31-15-17-1-5-18(6-2-17)24(29)30/h1-13,27H,15H2,(H,26,28)(H,29,30)/b19-13+. The molecule has 0 radical (unpaired) electrons. The summed E-state index contributed by atoms with van der Waals surface area (Å²) >= 11 is 0. The van der Waals surface area contributed by atoms with Crippen LogP contribution < -0.4 is 10.1 Å². The highest BCUT2D eigenvalue weighted by atomic mass is 16.5. The Labute approximate surface area is 178 Å². The number of ether oxygens (including phenoxy) is 1. The highest BCUT2D eigenvalue weighted by Gasteiger charge is 2.10. The van der Waals surface area contributed by atoms with Crippen molar-refractivity contribution in [3.8, 4) is 17.6 Å². The van der Waals surface area contributed by atoms with E-state index in [0.717, 1.165) is 5.56 Å². The number of aromatic hydroxyl groups is 1. The van der Waals surface area contributed by atoms with E-state index in [1.54, 1.807) is 36.4 Å². The van der Waals surface area contributed by atoms with Gasteiger partial charge in [0.25, 0.3) is 5.91 Å². The summed E-state index contributed by atoms with van der Waals surface area (Å²) in [7, 11) is 0. The van der Waals surface area contributed by atoms with E-state index in [2.05, 4.69) is 5.32 Å². The molecule has 7 heteroatoms. The van der Waals surface area contributed by atoms with Crippen molar-refractivity contribution in [3.05, 3.63) is 95.1 Å². The van der Waals surface area contributed by atoms with Crippen LogP contribution in [0.3, 0.4) is 0 Å². The normalized spacial score (nSPS) is 10.7. The lowest BCUT2D eigenvalue weighted by Crippen LogP contribution is -2.13. The van der Waals surface area contributed by atoms with E-state index in [9.17, 15) is 20.0 Å². The number of benzene rings is 3. The first kappa shape index (κ1) is 21.1. The van der Waals surface area contributed by atoms with Gasteiger partial charge in [-0.25, -0.2) is 4.79 Å². The maximum atomic E-state index is 12.3. The highest BCUT2D eigenvalue weighted by Crippen LogP contribution is 2.18. The predicted octanol–water partition coefficient (Wildman–Crippen LogP) is 4.22. The van der Waals surface area contributed by atoms with Crippen molar-refractivity contribution in [1.29, 1.82) is 5.26 Å². The van der Waals surface area contributed by atoms with E-state index < -0.39 is 11.9 Å². The van der Waals surface area contributed by atoms with Crippen LogP contribution in [0.4, 0.5) is 5.69 Å². The molecule has 0 bridgehead atoms. The van der Waals surface area contributed by atoms with Crippen LogP contribution in [-0.4, -0.2) is 22.1 Å². The molecule has 0 atom stereocenters. The van der Waals surface area contributed by atoms with Crippen LogP contribution in [0.1, 0.15) is 21.5 Å². The predicted molar refractivity (Wildman–Crippen MR) is 115 cm³/mol. The Morgan fingerprint density at radius 3 is 2.19 bits per heavy atom. The van der Waals surface area contributed by atoms with Crippen LogP contribution in [-0.2, 0) is 11.4 Å². The second kappa shape index (κ2) is 9.76. The van der Waals surface area contributed by atoms with Crippen LogP contribution in [0.5, 0.6) is 11.5 Å². The molecule has 0 aromatic heterocycles. The average molecular weight is 414 g/mol. The number of phenols is 1. The molecule has 3 N–H and O–H groups in total. The number of anilines is 1. The number of hydrogen-bond acceptors (Lipinski definition) is 5. The lowest BCUT2D eigenvalue weighted by Gasteiger charge is -2.07. The first-order chi connectivity index (χ1) is 14.9. The molecule has 0 aliphatic heterocycles. The van der Waals surface area contributed by atoms with Gasteiger partial charge in [0.15, 0.2) is 0 Å². The molecule has 0 spiro atoms. The van der Waals surface area contributed by atoms with Gasteiger partial charge in [0.1, 0.15) is 29.7 Å².